The van der Waals surface area contributed by atoms with Crippen molar-refractivity contribution in [2.24, 2.45) is 0 Å². The summed E-state index contributed by atoms with van der Waals surface area (Å²) in [5, 5.41) is 0. The van der Waals surface area contributed by atoms with Crippen molar-refractivity contribution in [1.29, 1.82) is 0 Å². The van der Waals surface area contributed by atoms with E-state index in [1.54, 1.807) is 23.9 Å². The van der Waals surface area contributed by atoms with Gasteiger partial charge in [0.2, 0.25) is 0 Å². The average molecular weight is 279 g/mol. The quantitative estimate of drug-likeness (QED) is 0.592. The third-order valence-corrected chi connectivity index (χ3v) is 5.36. The Morgan fingerprint density at radius 1 is 1.25 bits per heavy atom. The Morgan fingerprint density at radius 3 is 2.38 bits per heavy atom. The van der Waals surface area contributed by atoms with Gasteiger partial charge in [0.15, 0.2) is 9.84 Å². The molecule has 0 atom stereocenters. The Morgan fingerprint density at radius 2 is 1.88 bits per heavy atom. The summed E-state index contributed by atoms with van der Waals surface area (Å²) in [4.78, 5) is 1.46. The molecule has 0 unspecified atom stereocenters. The van der Waals surface area contributed by atoms with Crippen LogP contribution < -0.4 is 0 Å². The van der Waals surface area contributed by atoms with Gasteiger partial charge in [-0.3, -0.25) is 0 Å². The van der Waals surface area contributed by atoms with E-state index in [0.717, 1.165) is 10.6 Å². The minimum atomic E-state index is -3.08. The molecule has 0 heterocycles. The van der Waals surface area contributed by atoms with Crippen LogP contribution in [-0.2, 0) is 9.84 Å². The molecule has 1 aromatic rings. The van der Waals surface area contributed by atoms with E-state index in [9.17, 15) is 8.42 Å². The van der Waals surface area contributed by atoms with Gasteiger partial charge in [0, 0.05) is 16.5 Å². The molecule has 16 heavy (non-hydrogen) atoms. The van der Waals surface area contributed by atoms with Gasteiger partial charge < -0.3 is 0 Å². The Labute approximate surface area is 106 Å². The SMILES string of the molecule is CCCS(=O)(=O)c1ccc(SCCCl)cc1. The number of halogens is 1. The van der Waals surface area contributed by atoms with Crippen LogP contribution >= 0.6 is 23.4 Å². The lowest BCUT2D eigenvalue weighted by atomic mass is 10.4. The smallest absolute Gasteiger partial charge is 0.178 e. The standard InChI is InChI=1S/C11H15ClO2S2/c1-2-9-16(13,14)11-5-3-10(4-6-11)15-8-7-12/h3-6H,2,7-9H2,1H3. The first-order chi connectivity index (χ1) is 7.60. The molecule has 0 aromatic heterocycles. The molecule has 1 rings (SSSR count). The zero-order valence-electron chi connectivity index (χ0n) is 9.15. The fourth-order valence-electron chi connectivity index (χ4n) is 1.29. The normalized spacial score (nSPS) is 11.6. The largest absolute Gasteiger partial charge is 0.224 e. The van der Waals surface area contributed by atoms with Crippen LogP contribution in [0, 0.1) is 0 Å². The second-order valence-electron chi connectivity index (χ2n) is 3.33. The van der Waals surface area contributed by atoms with Crippen LogP contribution in [0.5, 0.6) is 0 Å². The Balaban J connectivity index is 2.78. The van der Waals surface area contributed by atoms with Crippen LogP contribution in [0.15, 0.2) is 34.1 Å². The first kappa shape index (κ1) is 13.9. The van der Waals surface area contributed by atoms with Crippen LogP contribution in [0.4, 0.5) is 0 Å². The predicted octanol–water partition coefficient (Wildman–Crippen LogP) is 3.20. The molecule has 0 saturated heterocycles. The molecule has 2 nitrogen and oxygen atoms in total. The number of alkyl halides is 1. The van der Waals surface area contributed by atoms with Gasteiger partial charge >= 0.3 is 0 Å². The molecule has 0 bridgehead atoms. The maximum absolute atomic E-state index is 11.7. The highest BCUT2D eigenvalue weighted by Gasteiger charge is 2.12. The van der Waals surface area contributed by atoms with Crippen molar-refractivity contribution in [3.05, 3.63) is 24.3 Å². The van der Waals surface area contributed by atoms with E-state index >= 15 is 0 Å². The van der Waals surface area contributed by atoms with Crippen molar-refractivity contribution in [2.45, 2.75) is 23.1 Å². The molecule has 0 amide bonds. The molecule has 0 aliphatic rings. The van der Waals surface area contributed by atoms with E-state index in [4.69, 9.17) is 11.6 Å². The lowest BCUT2D eigenvalue weighted by Gasteiger charge is -2.04. The fraction of sp³-hybridized carbons (Fsp3) is 0.455. The lowest BCUT2D eigenvalue weighted by Crippen LogP contribution is -2.05. The van der Waals surface area contributed by atoms with Gasteiger partial charge in [-0.25, -0.2) is 8.42 Å². The molecule has 0 aliphatic carbocycles. The lowest BCUT2D eigenvalue weighted by molar-refractivity contribution is 0.594. The zero-order chi connectivity index (χ0) is 12.0. The molecular formula is C11H15ClO2S2. The summed E-state index contributed by atoms with van der Waals surface area (Å²) >= 11 is 7.21. The summed E-state index contributed by atoms with van der Waals surface area (Å²) in [6.07, 6.45) is 0.644. The fourth-order valence-corrected chi connectivity index (χ4v) is 3.48. The van der Waals surface area contributed by atoms with Gasteiger partial charge in [0.05, 0.1) is 10.6 Å². The summed E-state index contributed by atoms with van der Waals surface area (Å²) in [6, 6.07) is 7.00. The molecule has 0 N–H and O–H groups in total. The number of benzene rings is 1. The van der Waals surface area contributed by atoms with Crippen LogP contribution in [-0.4, -0.2) is 25.8 Å². The Hall–Kier alpha value is -0.190. The molecule has 0 spiro atoms. The van der Waals surface area contributed by atoms with Gasteiger partial charge in [-0.15, -0.1) is 23.4 Å². The number of hydrogen-bond donors (Lipinski definition) is 0. The van der Waals surface area contributed by atoms with E-state index < -0.39 is 9.84 Å². The minimum Gasteiger partial charge on any atom is -0.224 e. The highest BCUT2D eigenvalue weighted by atomic mass is 35.5. The van der Waals surface area contributed by atoms with Crippen molar-refractivity contribution in [3.8, 4) is 0 Å². The highest BCUT2D eigenvalue weighted by molar-refractivity contribution is 7.99. The van der Waals surface area contributed by atoms with Gasteiger partial charge in [0.1, 0.15) is 0 Å². The maximum atomic E-state index is 11.7. The van der Waals surface area contributed by atoms with E-state index in [1.165, 1.54) is 0 Å². The van der Waals surface area contributed by atoms with E-state index in [-0.39, 0.29) is 5.75 Å². The van der Waals surface area contributed by atoms with Crippen LogP contribution in [0.25, 0.3) is 0 Å². The molecular weight excluding hydrogens is 264 g/mol. The number of thioether (sulfide) groups is 1. The molecule has 0 fully saturated rings. The van der Waals surface area contributed by atoms with Crippen LogP contribution in [0.2, 0.25) is 0 Å². The predicted molar refractivity (Wildman–Crippen MR) is 70.2 cm³/mol. The van der Waals surface area contributed by atoms with Crippen molar-refractivity contribution in [3.63, 3.8) is 0 Å². The first-order valence-corrected chi connectivity index (χ1v) is 8.29. The monoisotopic (exact) mass is 278 g/mol. The minimum absolute atomic E-state index is 0.209. The summed E-state index contributed by atoms with van der Waals surface area (Å²) in [5.41, 5.74) is 0. The summed E-state index contributed by atoms with van der Waals surface area (Å²) in [7, 11) is -3.08. The Bertz CT molecular complexity index is 412. The molecule has 1 aromatic carbocycles. The zero-order valence-corrected chi connectivity index (χ0v) is 11.5. The number of sulfone groups is 1. The third-order valence-electron chi connectivity index (χ3n) is 2.00. The number of hydrogen-bond acceptors (Lipinski definition) is 3. The first-order valence-electron chi connectivity index (χ1n) is 5.11. The molecule has 0 radical (unpaired) electrons. The highest BCUT2D eigenvalue weighted by Crippen LogP contribution is 2.21. The van der Waals surface area contributed by atoms with Crippen molar-refractivity contribution < 1.29 is 8.42 Å². The maximum Gasteiger partial charge on any atom is 0.178 e. The van der Waals surface area contributed by atoms with E-state index in [2.05, 4.69) is 0 Å². The van der Waals surface area contributed by atoms with Gasteiger partial charge in [-0.05, 0) is 30.7 Å². The van der Waals surface area contributed by atoms with Gasteiger partial charge in [0.25, 0.3) is 0 Å². The van der Waals surface area contributed by atoms with Crippen molar-refractivity contribution >= 4 is 33.2 Å². The van der Waals surface area contributed by atoms with Crippen LogP contribution in [0.3, 0.4) is 0 Å². The molecule has 0 saturated carbocycles. The van der Waals surface area contributed by atoms with Crippen LogP contribution in [0.1, 0.15) is 13.3 Å². The summed E-state index contributed by atoms with van der Waals surface area (Å²) in [5.74, 6) is 1.64. The summed E-state index contributed by atoms with van der Waals surface area (Å²) in [6.45, 7) is 1.86. The van der Waals surface area contributed by atoms with E-state index in [0.29, 0.717) is 17.2 Å². The van der Waals surface area contributed by atoms with Gasteiger partial charge in [-0.1, -0.05) is 6.92 Å². The molecule has 0 aliphatic heterocycles. The Kier molecular flexibility index (Phi) is 5.66. The average Bonchev–Trinajstić information content (AvgIpc) is 2.27. The van der Waals surface area contributed by atoms with Gasteiger partial charge in [-0.2, -0.15) is 0 Å². The molecule has 5 heteroatoms. The summed E-state index contributed by atoms with van der Waals surface area (Å²) < 4.78 is 23.5. The molecule has 90 valence electrons. The van der Waals surface area contributed by atoms with E-state index in [1.807, 2.05) is 19.1 Å². The van der Waals surface area contributed by atoms with Crippen molar-refractivity contribution in [2.75, 3.05) is 17.4 Å². The number of rotatable bonds is 6. The second kappa shape index (κ2) is 6.52. The second-order valence-corrected chi connectivity index (χ2v) is 6.98. The van der Waals surface area contributed by atoms with Crippen molar-refractivity contribution in [1.82, 2.24) is 0 Å². The third kappa shape index (κ3) is 4.00. The topological polar surface area (TPSA) is 34.1 Å².